The predicted octanol–water partition coefficient (Wildman–Crippen LogP) is 4.54. The van der Waals surface area contributed by atoms with E-state index in [0.717, 1.165) is 10.6 Å². The fourth-order valence-corrected chi connectivity index (χ4v) is 4.02. The number of benzene rings is 2. The normalized spacial score (nSPS) is 15.6. The molecule has 4 rings (SSSR count). The maximum Gasteiger partial charge on any atom is 0.418 e. The SMILES string of the molecule is O=c1c2cc(Cl)cc(Cl)c2nc(CN2CCOCC2)n1-c1ccccc1C(F)(F)F. The van der Waals surface area contributed by atoms with E-state index in [4.69, 9.17) is 27.9 Å². The van der Waals surface area contributed by atoms with Crippen LogP contribution in [0.5, 0.6) is 0 Å². The van der Waals surface area contributed by atoms with Gasteiger partial charge in [-0.3, -0.25) is 14.3 Å². The summed E-state index contributed by atoms with van der Waals surface area (Å²) in [5.41, 5.74) is -1.67. The van der Waals surface area contributed by atoms with Crippen LogP contribution < -0.4 is 5.56 Å². The van der Waals surface area contributed by atoms with E-state index in [9.17, 15) is 18.0 Å². The minimum Gasteiger partial charge on any atom is -0.379 e. The topological polar surface area (TPSA) is 47.4 Å². The number of rotatable bonds is 3. The summed E-state index contributed by atoms with van der Waals surface area (Å²) >= 11 is 12.3. The van der Waals surface area contributed by atoms with E-state index in [1.54, 1.807) is 0 Å². The maximum absolute atomic E-state index is 13.7. The average Bonchev–Trinajstić information content (AvgIpc) is 2.69. The van der Waals surface area contributed by atoms with Crippen molar-refractivity contribution >= 4 is 34.1 Å². The highest BCUT2D eigenvalue weighted by Gasteiger charge is 2.35. The Hall–Kier alpha value is -2.13. The van der Waals surface area contributed by atoms with Gasteiger partial charge in [-0.15, -0.1) is 0 Å². The number of hydrogen-bond donors (Lipinski definition) is 0. The minimum atomic E-state index is -4.65. The zero-order chi connectivity index (χ0) is 21.5. The van der Waals surface area contributed by atoms with Gasteiger partial charge in [-0.25, -0.2) is 4.98 Å². The summed E-state index contributed by atoms with van der Waals surface area (Å²) in [4.78, 5) is 19.8. The lowest BCUT2D eigenvalue weighted by atomic mass is 10.1. The molecule has 1 aliphatic rings. The molecule has 1 aromatic heterocycles. The molecule has 30 heavy (non-hydrogen) atoms. The largest absolute Gasteiger partial charge is 0.418 e. The molecule has 0 aliphatic carbocycles. The standard InChI is InChI=1S/C20H16Cl2F3N3O2/c21-12-9-13-18(15(22)10-12)26-17(11-27-5-7-30-8-6-27)28(19(13)29)16-4-2-1-3-14(16)20(23,24)25/h1-4,9-10H,5-8,11H2. The highest BCUT2D eigenvalue weighted by atomic mass is 35.5. The molecule has 2 heterocycles. The van der Waals surface area contributed by atoms with Gasteiger partial charge in [0.15, 0.2) is 0 Å². The van der Waals surface area contributed by atoms with Gasteiger partial charge in [-0.2, -0.15) is 13.2 Å². The van der Waals surface area contributed by atoms with E-state index in [1.165, 1.54) is 30.3 Å². The van der Waals surface area contributed by atoms with Gasteiger partial charge in [-0.05, 0) is 24.3 Å². The molecule has 10 heteroatoms. The van der Waals surface area contributed by atoms with Gasteiger partial charge in [-0.1, -0.05) is 35.3 Å². The Morgan fingerprint density at radius 2 is 1.80 bits per heavy atom. The molecule has 1 saturated heterocycles. The fourth-order valence-electron chi connectivity index (χ4n) is 3.48. The van der Waals surface area contributed by atoms with Crippen LogP contribution in [0.1, 0.15) is 11.4 Å². The van der Waals surface area contributed by atoms with Crippen LogP contribution in [-0.2, 0) is 17.5 Å². The third-order valence-corrected chi connectivity index (χ3v) is 5.39. The van der Waals surface area contributed by atoms with Crippen molar-refractivity contribution in [1.82, 2.24) is 14.5 Å². The monoisotopic (exact) mass is 457 g/mol. The van der Waals surface area contributed by atoms with Crippen molar-refractivity contribution in [2.75, 3.05) is 26.3 Å². The van der Waals surface area contributed by atoms with Crippen LogP contribution in [0.3, 0.4) is 0 Å². The van der Waals surface area contributed by atoms with Crippen molar-refractivity contribution < 1.29 is 17.9 Å². The van der Waals surface area contributed by atoms with Crippen LogP contribution in [0.4, 0.5) is 13.2 Å². The van der Waals surface area contributed by atoms with Crippen molar-refractivity contribution in [2.24, 2.45) is 0 Å². The van der Waals surface area contributed by atoms with E-state index in [0.29, 0.717) is 26.3 Å². The summed E-state index contributed by atoms with van der Waals surface area (Å²) in [7, 11) is 0. The second-order valence-corrected chi connectivity index (χ2v) is 7.70. The first-order chi connectivity index (χ1) is 14.3. The quantitative estimate of drug-likeness (QED) is 0.578. The Bertz CT molecular complexity index is 1160. The number of aromatic nitrogens is 2. The molecule has 0 unspecified atom stereocenters. The van der Waals surface area contributed by atoms with Crippen molar-refractivity contribution in [1.29, 1.82) is 0 Å². The minimum absolute atomic E-state index is 0.0511. The molecule has 0 atom stereocenters. The number of alkyl halides is 3. The molecule has 0 radical (unpaired) electrons. The second kappa shape index (κ2) is 8.19. The first-order valence-electron chi connectivity index (χ1n) is 9.13. The Morgan fingerprint density at radius 1 is 1.10 bits per heavy atom. The lowest BCUT2D eigenvalue weighted by Gasteiger charge is -2.27. The fraction of sp³-hybridized carbons (Fsp3) is 0.300. The summed E-state index contributed by atoms with van der Waals surface area (Å²) < 4.78 is 47.4. The van der Waals surface area contributed by atoms with Crippen LogP contribution >= 0.6 is 23.2 Å². The van der Waals surface area contributed by atoms with Crippen LogP contribution in [0.15, 0.2) is 41.2 Å². The maximum atomic E-state index is 13.7. The number of para-hydroxylation sites is 1. The van der Waals surface area contributed by atoms with Crippen LogP contribution in [0, 0.1) is 0 Å². The van der Waals surface area contributed by atoms with Gasteiger partial charge < -0.3 is 4.74 Å². The van der Waals surface area contributed by atoms with E-state index in [2.05, 4.69) is 4.98 Å². The summed E-state index contributed by atoms with van der Waals surface area (Å²) in [6.45, 7) is 2.30. The van der Waals surface area contributed by atoms with Gasteiger partial charge in [0, 0.05) is 18.1 Å². The van der Waals surface area contributed by atoms with Gasteiger partial charge in [0.05, 0.1) is 46.9 Å². The van der Waals surface area contributed by atoms with Gasteiger partial charge >= 0.3 is 6.18 Å². The first-order valence-corrected chi connectivity index (χ1v) is 9.88. The number of morpholine rings is 1. The molecule has 3 aromatic rings. The van der Waals surface area contributed by atoms with Crippen molar-refractivity contribution in [3.05, 3.63) is 68.2 Å². The molecule has 2 aromatic carbocycles. The summed E-state index contributed by atoms with van der Waals surface area (Å²) in [5.74, 6) is 0.162. The zero-order valence-electron chi connectivity index (χ0n) is 15.5. The van der Waals surface area contributed by atoms with Gasteiger partial charge in [0.1, 0.15) is 5.82 Å². The van der Waals surface area contributed by atoms with E-state index in [-0.39, 0.29) is 39.0 Å². The van der Waals surface area contributed by atoms with E-state index in [1.807, 2.05) is 4.90 Å². The highest BCUT2D eigenvalue weighted by Crippen LogP contribution is 2.34. The third kappa shape index (κ3) is 4.05. The van der Waals surface area contributed by atoms with Crippen LogP contribution in [0.2, 0.25) is 10.0 Å². The molecule has 0 bridgehead atoms. The van der Waals surface area contributed by atoms with E-state index < -0.39 is 17.3 Å². The number of hydrogen-bond acceptors (Lipinski definition) is 4. The Labute approximate surface area is 179 Å². The molecule has 0 spiro atoms. The van der Waals surface area contributed by atoms with Crippen LogP contribution in [0.25, 0.3) is 16.6 Å². The first kappa shape index (κ1) is 21.1. The predicted molar refractivity (Wildman–Crippen MR) is 108 cm³/mol. The molecule has 0 saturated carbocycles. The molecular formula is C20H16Cl2F3N3O2. The summed E-state index contributed by atoms with van der Waals surface area (Å²) in [6.07, 6.45) is -4.65. The lowest BCUT2D eigenvalue weighted by molar-refractivity contribution is -0.137. The molecule has 5 nitrogen and oxygen atoms in total. The number of fused-ring (bicyclic) bond motifs is 1. The summed E-state index contributed by atoms with van der Waals surface area (Å²) in [5, 5.41) is 0.410. The Balaban J connectivity index is 2.01. The smallest absolute Gasteiger partial charge is 0.379 e. The van der Waals surface area contributed by atoms with Gasteiger partial charge in [0.25, 0.3) is 5.56 Å². The Kier molecular flexibility index (Phi) is 5.76. The molecule has 0 N–H and O–H groups in total. The van der Waals surface area contributed by atoms with Crippen LogP contribution in [-0.4, -0.2) is 40.8 Å². The zero-order valence-corrected chi connectivity index (χ0v) is 17.1. The summed E-state index contributed by atoms with van der Waals surface area (Å²) in [6, 6.07) is 7.74. The van der Waals surface area contributed by atoms with Crippen molar-refractivity contribution in [2.45, 2.75) is 12.7 Å². The van der Waals surface area contributed by atoms with E-state index >= 15 is 0 Å². The number of halogens is 5. The number of nitrogens with zero attached hydrogens (tertiary/aromatic N) is 3. The molecular weight excluding hydrogens is 442 g/mol. The van der Waals surface area contributed by atoms with Gasteiger partial charge in [0.2, 0.25) is 0 Å². The molecule has 1 fully saturated rings. The average molecular weight is 458 g/mol. The molecule has 0 amide bonds. The highest BCUT2D eigenvalue weighted by molar-refractivity contribution is 6.38. The van der Waals surface area contributed by atoms with Crippen molar-refractivity contribution in [3.63, 3.8) is 0 Å². The second-order valence-electron chi connectivity index (χ2n) is 6.86. The lowest BCUT2D eigenvalue weighted by Crippen LogP contribution is -2.38. The Morgan fingerprint density at radius 3 is 2.50 bits per heavy atom. The number of ether oxygens (including phenoxy) is 1. The van der Waals surface area contributed by atoms with Crippen molar-refractivity contribution in [3.8, 4) is 5.69 Å². The third-order valence-electron chi connectivity index (χ3n) is 4.88. The molecule has 1 aliphatic heterocycles. The molecule has 158 valence electrons.